The van der Waals surface area contributed by atoms with Crippen LogP contribution in [0.4, 0.5) is 0 Å². The van der Waals surface area contributed by atoms with Gasteiger partial charge in [0.1, 0.15) is 0 Å². The third-order valence-electron chi connectivity index (χ3n) is 1.39. The molecule has 11 heavy (non-hydrogen) atoms. The first kappa shape index (κ1) is 10.4. The van der Waals surface area contributed by atoms with Crippen molar-refractivity contribution in [3.05, 3.63) is 0 Å². The van der Waals surface area contributed by atoms with Crippen molar-refractivity contribution in [3.8, 4) is 0 Å². The average Bonchev–Trinajstić information content (AvgIpc) is 1.97. The van der Waals surface area contributed by atoms with E-state index in [2.05, 4.69) is 5.32 Å². The Morgan fingerprint density at radius 2 is 2.27 bits per heavy atom. The monoisotopic (exact) mass is 159 g/mol. The van der Waals surface area contributed by atoms with E-state index < -0.39 is 0 Å². The van der Waals surface area contributed by atoms with Gasteiger partial charge < -0.3 is 16.8 Å². The van der Waals surface area contributed by atoms with E-state index in [4.69, 9.17) is 11.5 Å². The van der Waals surface area contributed by atoms with Gasteiger partial charge in [-0.25, -0.2) is 0 Å². The summed E-state index contributed by atoms with van der Waals surface area (Å²) < 4.78 is 0. The Bertz CT molecular complexity index is 116. The molecule has 66 valence electrons. The molecular weight excluding hydrogens is 142 g/mol. The number of nitrogens with one attached hydrogen (secondary N) is 1. The molecule has 0 saturated carbocycles. The Kier molecular flexibility index (Phi) is 5.78. The minimum absolute atomic E-state index is 0.0341. The standard InChI is InChI=1S/C7H17N3O/c1-6(11)10-5-7(9)3-2-4-8/h7H,2-5,8-9H2,1H3,(H,10,11). The quantitative estimate of drug-likeness (QED) is 0.490. The molecule has 1 unspecified atom stereocenters. The van der Waals surface area contributed by atoms with Crippen LogP contribution in [0.2, 0.25) is 0 Å². The van der Waals surface area contributed by atoms with Gasteiger partial charge in [0.15, 0.2) is 0 Å². The van der Waals surface area contributed by atoms with Crippen molar-refractivity contribution in [1.29, 1.82) is 0 Å². The number of carbonyl (C=O) groups is 1. The maximum atomic E-state index is 10.4. The number of amides is 1. The topological polar surface area (TPSA) is 81.1 Å². The van der Waals surface area contributed by atoms with Crippen molar-refractivity contribution in [2.75, 3.05) is 13.1 Å². The SMILES string of the molecule is CC(=O)NCC(N)CCCN. The summed E-state index contributed by atoms with van der Waals surface area (Å²) in [5, 5.41) is 2.65. The maximum Gasteiger partial charge on any atom is 0.216 e. The molecule has 0 aliphatic carbocycles. The summed E-state index contributed by atoms with van der Waals surface area (Å²) in [6.07, 6.45) is 1.79. The van der Waals surface area contributed by atoms with Crippen molar-refractivity contribution < 1.29 is 4.79 Å². The molecule has 0 heterocycles. The zero-order valence-electron chi connectivity index (χ0n) is 6.97. The second kappa shape index (κ2) is 6.12. The van der Waals surface area contributed by atoms with Crippen LogP contribution in [0, 0.1) is 0 Å². The van der Waals surface area contributed by atoms with Gasteiger partial charge in [-0.3, -0.25) is 4.79 Å². The van der Waals surface area contributed by atoms with Crippen LogP contribution in [-0.4, -0.2) is 25.0 Å². The molecule has 4 heteroatoms. The zero-order valence-corrected chi connectivity index (χ0v) is 6.97. The van der Waals surface area contributed by atoms with Gasteiger partial charge in [-0.1, -0.05) is 0 Å². The van der Waals surface area contributed by atoms with Crippen LogP contribution in [0.1, 0.15) is 19.8 Å². The molecule has 1 amide bonds. The van der Waals surface area contributed by atoms with Crippen LogP contribution in [0.5, 0.6) is 0 Å². The van der Waals surface area contributed by atoms with Crippen LogP contribution >= 0.6 is 0 Å². The summed E-state index contributed by atoms with van der Waals surface area (Å²) in [6.45, 7) is 2.69. The molecule has 1 atom stereocenters. The molecule has 0 saturated heterocycles. The summed E-state index contributed by atoms with van der Waals surface area (Å²) >= 11 is 0. The third-order valence-corrected chi connectivity index (χ3v) is 1.39. The number of hydrogen-bond acceptors (Lipinski definition) is 3. The first-order valence-corrected chi connectivity index (χ1v) is 3.87. The van der Waals surface area contributed by atoms with Crippen LogP contribution < -0.4 is 16.8 Å². The predicted octanol–water partition coefficient (Wildman–Crippen LogP) is -0.811. The molecule has 0 fully saturated rings. The fourth-order valence-electron chi connectivity index (χ4n) is 0.757. The van der Waals surface area contributed by atoms with Gasteiger partial charge in [0.25, 0.3) is 0 Å². The number of rotatable bonds is 5. The van der Waals surface area contributed by atoms with Crippen LogP contribution in [-0.2, 0) is 4.79 Å². The highest BCUT2D eigenvalue weighted by Crippen LogP contribution is 1.90. The second-order valence-corrected chi connectivity index (χ2v) is 2.63. The molecule has 0 radical (unpaired) electrons. The number of carbonyl (C=O) groups excluding carboxylic acids is 1. The van der Waals surface area contributed by atoms with E-state index in [1.54, 1.807) is 0 Å². The van der Waals surface area contributed by atoms with E-state index in [1.165, 1.54) is 6.92 Å². The Labute approximate surface area is 67.3 Å². The summed E-state index contributed by atoms with van der Waals surface area (Å²) in [4.78, 5) is 10.4. The highest BCUT2D eigenvalue weighted by molar-refractivity contribution is 5.72. The maximum absolute atomic E-state index is 10.4. The highest BCUT2D eigenvalue weighted by Gasteiger charge is 2.01. The van der Waals surface area contributed by atoms with E-state index in [0.717, 1.165) is 12.8 Å². The summed E-state index contributed by atoms with van der Waals surface area (Å²) in [5.41, 5.74) is 10.9. The van der Waals surface area contributed by atoms with E-state index in [1.807, 2.05) is 0 Å². The van der Waals surface area contributed by atoms with Gasteiger partial charge in [-0.2, -0.15) is 0 Å². The predicted molar refractivity (Wildman–Crippen MR) is 44.9 cm³/mol. The lowest BCUT2D eigenvalue weighted by Crippen LogP contribution is -2.36. The smallest absolute Gasteiger partial charge is 0.216 e. The van der Waals surface area contributed by atoms with E-state index in [-0.39, 0.29) is 11.9 Å². The van der Waals surface area contributed by atoms with Crippen molar-refractivity contribution >= 4 is 5.91 Å². The van der Waals surface area contributed by atoms with E-state index >= 15 is 0 Å². The van der Waals surface area contributed by atoms with E-state index in [9.17, 15) is 4.79 Å². The normalized spacial score (nSPS) is 12.6. The molecule has 0 aromatic rings. The van der Waals surface area contributed by atoms with Gasteiger partial charge in [0, 0.05) is 19.5 Å². The fraction of sp³-hybridized carbons (Fsp3) is 0.857. The van der Waals surface area contributed by atoms with Gasteiger partial charge in [0.2, 0.25) is 5.91 Å². The van der Waals surface area contributed by atoms with Gasteiger partial charge in [0.05, 0.1) is 0 Å². The van der Waals surface area contributed by atoms with Crippen molar-refractivity contribution in [2.45, 2.75) is 25.8 Å². The highest BCUT2D eigenvalue weighted by atomic mass is 16.1. The molecule has 0 spiro atoms. The van der Waals surface area contributed by atoms with Gasteiger partial charge in [-0.05, 0) is 19.4 Å². The van der Waals surface area contributed by atoms with Crippen LogP contribution in [0.3, 0.4) is 0 Å². The molecule has 0 aromatic carbocycles. The van der Waals surface area contributed by atoms with Crippen molar-refractivity contribution in [1.82, 2.24) is 5.32 Å². The Hall–Kier alpha value is -0.610. The molecular formula is C7H17N3O. The van der Waals surface area contributed by atoms with Gasteiger partial charge >= 0.3 is 0 Å². The Balaban J connectivity index is 3.22. The molecule has 0 aliphatic rings. The first-order chi connectivity index (χ1) is 5.16. The van der Waals surface area contributed by atoms with Crippen LogP contribution in [0.25, 0.3) is 0 Å². The lowest BCUT2D eigenvalue weighted by atomic mass is 10.2. The molecule has 0 bridgehead atoms. The average molecular weight is 159 g/mol. The van der Waals surface area contributed by atoms with Crippen LogP contribution in [0.15, 0.2) is 0 Å². The minimum atomic E-state index is -0.0341. The lowest BCUT2D eigenvalue weighted by Gasteiger charge is -2.10. The number of nitrogens with two attached hydrogens (primary N) is 2. The van der Waals surface area contributed by atoms with Gasteiger partial charge in [-0.15, -0.1) is 0 Å². The summed E-state index contributed by atoms with van der Waals surface area (Å²) in [5.74, 6) is -0.0341. The lowest BCUT2D eigenvalue weighted by molar-refractivity contribution is -0.119. The summed E-state index contributed by atoms with van der Waals surface area (Å²) in [7, 11) is 0. The van der Waals surface area contributed by atoms with E-state index in [0.29, 0.717) is 13.1 Å². The van der Waals surface area contributed by atoms with Crippen molar-refractivity contribution in [3.63, 3.8) is 0 Å². The Morgan fingerprint density at radius 1 is 1.64 bits per heavy atom. The number of hydrogen-bond donors (Lipinski definition) is 3. The Morgan fingerprint density at radius 3 is 2.73 bits per heavy atom. The molecule has 4 nitrogen and oxygen atoms in total. The largest absolute Gasteiger partial charge is 0.355 e. The second-order valence-electron chi connectivity index (χ2n) is 2.63. The summed E-state index contributed by atoms with van der Waals surface area (Å²) in [6, 6.07) is 0.0439. The first-order valence-electron chi connectivity index (χ1n) is 3.87. The molecule has 5 N–H and O–H groups in total. The molecule has 0 aliphatic heterocycles. The van der Waals surface area contributed by atoms with Crippen molar-refractivity contribution in [2.24, 2.45) is 11.5 Å². The minimum Gasteiger partial charge on any atom is -0.355 e. The third kappa shape index (κ3) is 7.29. The molecule has 0 aromatic heterocycles. The zero-order chi connectivity index (χ0) is 8.69. The molecule has 0 rings (SSSR count). The fourth-order valence-corrected chi connectivity index (χ4v) is 0.757.